The monoisotopic (exact) mass is 1150 g/mol. The second kappa shape index (κ2) is 71.4. The summed E-state index contributed by atoms with van der Waals surface area (Å²) in [6.45, 7) is 6.70. The normalized spacial score (nSPS) is 12.1. The molecule has 0 aliphatic carbocycles. The largest absolute Gasteiger partial charge is 0.462 e. The van der Waals surface area contributed by atoms with E-state index in [-0.39, 0.29) is 31.1 Å². The highest BCUT2D eigenvalue weighted by Crippen LogP contribution is 2.19. The van der Waals surface area contributed by atoms with E-state index >= 15 is 0 Å². The van der Waals surface area contributed by atoms with Crippen LogP contribution in [-0.4, -0.2) is 37.2 Å². The molecular weight excluding hydrogens is 1010 g/mol. The number of hydrogen-bond donors (Lipinski definition) is 0. The minimum atomic E-state index is -0.767. The van der Waals surface area contributed by atoms with Crippen molar-refractivity contribution >= 4 is 17.9 Å². The van der Waals surface area contributed by atoms with Crippen LogP contribution < -0.4 is 0 Å². The zero-order chi connectivity index (χ0) is 59.2. The van der Waals surface area contributed by atoms with E-state index in [2.05, 4.69) is 45.1 Å². The van der Waals surface area contributed by atoms with Gasteiger partial charge in [0.1, 0.15) is 13.2 Å². The van der Waals surface area contributed by atoms with Crippen molar-refractivity contribution in [2.24, 2.45) is 0 Å². The number of unbranched alkanes of at least 4 members (excludes halogenated alkanes) is 55. The first-order valence-corrected chi connectivity index (χ1v) is 37.3. The van der Waals surface area contributed by atoms with Gasteiger partial charge in [0.2, 0.25) is 0 Å². The Hall–Kier alpha value is -2.11. The van der Waals surface area contributed by atoms with E-state index in [1.807, 2.05) is 0 Å². The molecule has 0 fully saturated rings. The van der Waals surface area contributed by atoms with Gasteiger partial charge in [0.05, 0.1) is 0 Å². The minimum Gasteiger partial charge on any atom is -0.462 e. The Morgan fingerprint density at radius 1 is 0.244 bits per heavy atom. The Balaban J connectivity index is 4.06. The zero-order valence-corrected chi connectivity index (χ0v) is 55.8. The fourth-order valence-electron chi connectivity index (χ4n) is 11.6. The summed E-state index contributed by atoms with van der Waals surface area (Å²) >= 11 is 0. The van der Waals surface area contributed by atoms with E-state index in [0.29, 0.717) is 19.3 Å². The molecule has 1 atom stereocenters. The van der Waals surface area contributed by atoms with E-state index in [0.717, 1.165) is 64.2 Å². The average molecular weight is 1150 g/mol. The third-order valence-electron chi connectivity index (χ3n) is 17.2. The molecule has 0 bridgehead atoms. The number of carbonyl (C=O) groups is 3. The van der Waals surface area contributed by atoms with Crippen molar-refractivity contribution in [3.63, 3.8) is 0 Å². The highest BCUT2D eigenvalue weighted by molar-refractivity contribution is 5.71. The van der Waals surface area contributed by atoms with Crippen molar-refractivity contribution in [3.8, 4) is 0 Å². The third-order valence-corrected chi connectivity index (χ3v) is 17.2. The molecular formula is C76H144O6. The van der Waals surface area contributed by atoms with Crippen LogP contribution in [-0.2, 0) is 28.6 Å². The molecule has 1 unspecified atom stereocenters. The summed E-state index contributed by atoms with van der Waals surface area (Å²) in [6.07, 6.45) is 88.2. The summed E-state index contributed by atoms with van der Waals surface area (Å²) in [5.41, 5.74) is 0. The SMILES string of the molecule is CCCCCCC/C=C\C/C=C\CCCCCCCCCCCCCCCCCC(=O)OC(COC(=O)CCCCCCCCCCC)COC(=O)CCCCCCCCCCCCCCCCCCCCCCCCCCCCCC. The molecule has 0 aromatic carbocycles. The van der Waals surface area contributed by atoms with Gasteiger partial charge in [0, 0.05) is 19.3 Å². The van der Waals surface area contributed by atoms with Crippen LogP contribution in [0.25, 0.3) is 0 Å². The lowest BCUT2D eigenvalue weighted by atomic mass is 10.0. The molecule has 484 valence electrons. The van der Waals surface area contributed by atoms with Crippen LogP contribution in [0, 0.1) is 0 Å². The molecule has 0 radical (unpaired) electrons. The maximum atomic E-state index is 12.9. The summed E-state index contributed by atoms with van der Waals surface area (Å²) in [5, 5.41) is 0. The van der Waals surface area contributed by atoms with Gasteiger partial charge < -0.3 is 14.2 Å². The van der Waals surface area contributed by atoms with Crippen molar-refractivity contribution < 1.29 is 28.6 Å². The molecule has 0 rings (SSSR count). The lowest BCUT2D eigenvalue weighted by molar-refractivity contribution is -0.167. The van der Waals surface area contributed by atoms with E-state index in [1.54, 1.807) is 0 Å². The quantitative estimate of drug-likeness (QED) is 0.0261. The van der Waals surface area contributed by atoms with E-state index < -0.39 is 6.10 Å². The van der Waals surface area contributed by atoms with Crippen LogP contribution in [0.2, 0.25) is 0 Å². The van der Waals surface area contributed by atoms with Crippen LogP contribution in [0.5, 0.6) is 0 Å². The Morgan fingerprint density at radius 2 is 0.439 bits per heavy atom. The molecule has 6 heteroatoms. The first kappa shape index (κ1) is 79.9. The van der Waals surface area contributed by atoms with Crippen LogP contribution in [0.1, 0.15) is 425 Å². The van der Waals surface area contributed by atoms with Crippen molar-refractivity contribution in [1.82, 2.24) is 0 Å². The predicted molar refractivity (Wildman–Crippen MR) is 358 cm³/mol. The smallest absolute Gasteiger partial charge is 0.306 e. The van der Waals surface area contributed by atoms with Gasteiger partial charge in [0.15, 0.2) is 6.10 Å². The summed E-state index contributed by atoms with van der Waals surface area (Å²) in [4.78, 5) is 38.3. The van der Waals surface area contributed by atoms with E-state index in [4.69, 9.17) is 14.2 Å². The molecule has 0 aromatic rings. The number of ether oxygens (including phenoxy) is 3. The summed E-state index contributed by atoms with van der Waals surface area (Å²) in [7, 11) is 0. The number of esters is 3. The van der Waals surface area contributed by atoms with Gasteiger partial charge in [-0.05, 0) is 51.4 Å². The Kier molecular flexibility index (Phi) is 69.5. The lowest BCUT2D eigenvalue weighted by Gasteiger charge is -2.18. The van der Waals surface area contributed by atoms with Crippen LogP contribution in [0.3, 0.4) is 0 Å². The Morgan fingerprint density at radius 3 is 0.671 bits per heavy atom. The fraction of sp³-hybridized carbons (Fsp3) is 0.908. The van der Waals surface area contributed by atoms with Gasteiger partial charge in [-0.3, -0.25) is 14.4 Å². The fourth-order valence-corrected chi connectivity index (χ4v) is 11.6. The Labute approximate surface area is 513 Å². The van der Waals surface area contributed by atoms with E-state index in [1.165, 1.54) is 321 Å². The van der Waals surface area contributed by atoms with Gasteiger partial charge in [-0.1, -0.05) is 379 Å². The molecule has 0 spiro atoms. The summed E-state index contributed by atoms with van der Waals surface area (Å²) in [5.74, 6) is -0.834. The zero-order valence-electron chi connectivity index (χ0n) is 55.8. The maximum absolute atomic E-state index is 12.9. The molecule has 0 N–H and O–H groups in total. The second-order valence-electron chi connectivity index (χ2n) is 25.6. The molecule has 0 aliphatic rings. The third kappa shape index (κ3) is 68.7. The number of carbonyl (C=O) groups excluding carboxylic acids is 3. The summed E-state index contributed by atoms with van der Waals surface area (Å²) in [6, 6.07) is 0. The average Bonchev–Trinajstić information content (AvgIpc) is 3.48. The van der Waals surface area contributed by atoms with Gasteiger partial charge in [-0.25, -0.2) is 0 Å². The molecule has 0 saturated heterocycles. The predicted octanol–water partition coefficient (Wildman–Crippen LogP) is 25.7. The second-order valence-corrected chi connectivity index (χ2v) is 25.6. The molecule has 0 saturated carbocycles. The number of rotatable bonds is 70. The van der Waals surface area contributed by atoms with Gasteiger partial charge in [0.25, 0.3) is 0 Å². The van der Waals surface area contributed by atoms with Crippen molar-refractivity contribution in [2.75, 3.05) is 13.2 Å². The van der Waals surface area contributed by atoms with Crippen molar-refractivity contribution in [3.05, 3.63) is 24.3 Å². The number of allylic oxidation sites excluding steroid dienone is 4. The van der Waals surface area contributed by atoms with Gasteiger partial charge in [-0.2, -0.15) is 0 Å². The highest BCUT2D eigenvalue weighted by atomic mass is 16.6. The number of hydrogen-bond acceptors (Lipinski definition) is 6. The molecule has 0 aliphatic heterocycles. The summed E-state index contributed by atoms with van der Waals surface area (Å²) < 4.78 is 17.0. The molecule has 0 amide bonds. The molecule has 82 heavy (non-hydrogen) atoms. The minimum absolute atomic E-state index is 0.0641. The lowest BCUT2D eigenvalue weighted by Crippen LogP contribution is -2.30. The van der Waals surface area contributed by atoms with Crippen LogP contribution in [0.4, 0.5) is 0 Å². The topological polar surface area (TPSA) is 78.9 Å². The Bertz CT molecular complexity index is 1320. The van der Waals surface area contributed by atoms with Crippen molar-refractivity contribution in [1.29, 1.82) is 0 Å². The first-order valence-electron chi connectivity index (χ1n) is 37.3. The van der Waals surface area contributed by atoms with Gasteiger partial charge in [-0.15, -0.1) is 0 Å². The highest BCUT2D eigenvalue weighted by Gasteiger charge is 2.20. The maximum Gasteiger partial charge on any atom is 0.306 e. The standard InChI is InChI=1S/C76H144O6/c1-4-7-10-13-16-19-21-23-25-27-29-31-33-35-37-39-40-42-44-46-48-50-52-54-57-60-63-66-69-75(78)81-72-73(71-80-74(77)68-65-62-59-56-18-15-12-9-6-3)82-76(79)70-67-64-61-58-55-53-51-49-47-45-43-41-38-36-34-32-30-28-26-24-22-20-17-14-11-8-5-2/h22,24,28,30,73H,4-21,23,25-27,29,31-72H2,1-3H3/b24-22-,30-28-. The molecule has 6 nitrogen and oxygen atoms in total. The molecule has 0 aromatic heterocycles. The van der Waals surface area contributed by atoms with Crippen LogP contribution in [0.15, 0.2) is 24.3 Å². The van der Waals surface area contributed by atoms with E-state index in [9.17, 15) is 14.4 Å². The molecule has 0 heterocycles. The van der Waals surface area contributed by atoms with Gasteiger partial charge >= 0.3 is 17.9 Å². The van der Waals surface area contributed by atoms with Crippen LogP contribution >= 0.6 is 0 Å². The van der Waals surface area contributed by atoms with Crippen molar-refractivity contribution in [2.45, 2.75) is 431 Å². The first-order chi connectivity index (χ1) is 40.5.